The summed E-state index contributed by atoms with van der Waals surface area (Å²) in [7, 11) is 0. The highest BCUT2D eigenvalue weighted by molar-refractivity contribution is 5.67. The van der Waals surface area contributed by atoms with Crippen molar-refractivity contribution in [2.75, 3.05) is 0 Å². The zero-order valence-electron chi connectivity index (χ0n) is 5.92. The third-order valence-corrected chi connectivity index (χ3v) is 2.15. The van der Waals surface area contributed by atoms with Crippen LogP contribution in [0.4, 0.5) is 0 Å². The van der Waals surface area contributed by atoms with Crippen molar-refractivity contribution >= 4 is 5.97 Å². The Labute approximate surface area is 60.2 Å². The summed E-state index contributed by atoms with van der Waals surface area (Å²) in [5, 5.41) is 8.44. The summed E-state index contributed by atoms with van der Waals surface area (Å²) >= 11 is 0. The van der Waals surface area contributed by atoms with Crippen molar-refractivity contribution in [2.45, 2.75) is 31.7 Å². The molecule has 10 heavy (non-hydrogen) atoms. The average molecular weight is 143 g/mol. The molecule has 0 aromatic heterocycles. The van der Waals surface area contributed by atoms with E-state index in [1.54, 1.807) is 0 Å². The second-order valence-electron chi connectivity index (χ2n) is 2.95. The molecule has 0 radical (unpaired) electrons. The van der Waals surface area contributed by atoms with Gasteiger partial charge in [0.2, 0.25) is 0 Å². The van der Waals surface area contributed by atoms with Gasteiger partial charge in [-0.15, -0.1) is 0 Å². The van der Waals surface area contributed by atoms with Crippen LogP contribution in [0.1, 0.15) is 25.7 Å². The summed E-state index contributed by atoms with van der Waals surface area (Å²) < 4.78 is 0. The first kappa shape index (κ1) is 7.54. The fourth-order valence-corrected chi connectivity index (χ4v) is 1.54. The van der Waals surface area contributed by atoms with E-state index in [0.717, 1.165) is 19.3 Å². The molecule has 0 aromatic carbocycles. The van der Waals surface area contributed by atoms with E-state index in [2.05, 4.69) is 0 Å². The minimum Gasteiger partial charge on any atom is -0.481 e. The second-order valence-corrected chi connectivity index (χ2v) is 2.95. The molecular weight excluding hydrogens is 130 g/mol. The Morgan fingerprint density at radius 2 is 2.30 bits per heavy atom. The average Bonchev–Trinajstić information content (AvgIpc) is 2.15. The largest absolute Gasteiger partial charge is 0.481 e. The summed E-state index contributed by atoms with van der Waals surface area (Å²) in [5.74, 6) is -0.486. The number of rotatable bonds is 2. The fourth-order valence-electron chi connectivity index (χ4n) is 1.54. The minimum atomic E-state index is -0.720. The maximum absolute atomic E-state index is 10.2. The zero-order chi connectivity index (χ0) is 7.56. The van der Waals surface area contributed by atoms with Gasteiger partial charge in [-0.05, 0) is 18.8 Å². The number of nitrogens with two attached hydrogens (primary N) is 1. The van der Waals surface area contributed by atoms with Crippen molar-refractivity contribution in [1.82, 2.24) is 0 Å². The third-order valence-electron chi connectivity index (χ3n) is 2.15. The van der Waals surface area contributed by atoms with Crippen LogP contribution in [0, 0.1) is 5.92 Å². The van der Waals surface area contributed by atoms with E-state index in [4.69, 9.17) is 10.8 Å². The second kappa shape index (κ2) is 3.01. The molecule has 0 aromatic rings. The number of carboxylic acids is 1. The first-order chi connectivity index (χ1) is 4.70. The molecule has 3 heteroatoms. The van der Waals surface area contributed by atoms with E-state index in [0.29, 0.717) is 0 Å². The van der Waals surface area contributed by atoms with Crippen LogP contribution in [0.15, 0.2) is 0 Å². The lowest BCUT2D eigenvalue weighted by atomic mass is 10.0. The highest BCUT2D eigenvalue weighted by atomic mass is 16.4. The van der Waals surface area contributed by atoms with Crippen LogP contribution in [0.2, 0.25) is 0 Å². The molecule has 3 N–H and O–H groups in total. The van der Waals surface area contributed by atoms with Crippen molar-refractivity contribution in [3.05, 3.63) is 0 Å². The molecule has 0 amide bonds. The molecule has 1 rings (SSSR count). The van der Waals surface area contributed by atoms with Gasteiger partial charge in [0.15, 0.2) is 0 Å². The molecule has 1 aliphatic rings. The lowest BCUT2D eigenvalue weighted by Crippen LogP contribution is -2.26. The molecule has 1 aliphatic carbocycles. The van der Waals surface area contributed by atoms with Crippen molar-refractivity contribution in [3.8, 4) is 0 Å². The maximum Gasteiger partial charge on any atom is 0.303 e. The molecule has 1 fully saturated rings. The van der Waals surface area contributed by atoms with E-state index < -0.39 is 5.97 Å². The highest BCUT2D eigenvalue weighted by Crippen LogP contribution is 2.26. The van der Waals surface area contributed by atoms with Gasteiger partial charge in [0.05, 0.1) is 0 Å². The Morgan fingerprint density at radius 1 is 1.60 bits per heavy atom. The van der Waals surface area contributed by atoms with Crippen LogP contribution in [-0.2, 0) is 4.79 Å². The van der Waals surface area contributed by atoms with Crippen molar-refractivity contribution < 1.29 is 9.90 Å². The lowest BCUT2D eigenvalue weighted by Gasteiger charge is -2.11. The monoisotopic (exact) mass is 143 g/mol. The van der Waals surface area contributed by atoms with Gasteiger partial charge in [0, 0.05) is 12.5 Å². The smallest absolute Gasteiger partial charge is 0.303 e. The first-order valence-corrected chi connectivity index (χ1v) is 3.67. The number of aliphatic carboxylic acids is 1. The molecule has 0 bridgehead atoms. The minimum absolute atomic E-state index is 0.135. The van der Waals surface area contributed by atoms with Crippen LogP contribution in [0.5, 0.6) is 0 Å². The molecule has 0 heterocycles. The number of carbonyl (C=O) groups is 1. The van der Waals surface area contributed by atoms with Gasteiger partial charge >= 0.3 is 5.97 Å². The van der Waals surface area contributed by atoms with E-state index in [1.165, 1.54) is 0 Å². The zero-order valence-corrected chi connectivity index (χ0v) is 5.92. The summed E-state index contributed by atoms with van der Waals surface area (Å²) in [4.78, 5) is 10.2. The topological polar surface area (TPSA) is 63.3 Å². The summed E-state index contributed by atoms with van der Waals surface area (Å²) in [6, 6.07) is 0.135. The number of carboxylic acid groups (broad SMARTS) is 1. The van der Waals surface area contributed by atoms with Crippen molar-refractivity contribution in [2.24, 2.45) is 11.7 Å². The molecule has 0 aliphatic heterocycles. The molecule has 1 saturated carbocycles. The quantitative estimate of drug-likeness (QED) is 0.594. The fraction of sp³-hybridized carbons (Fsp3) is 0.857. The molecule has 3 nitrogen and oxygen atoms in total. The molecule has 58 valence electrons. The Bertz CT molecular complexity index is 136. The van der Waals surface area contributed by atoms with E-state index >= 15 is 0 Å². The molecular formula is C7H13NO2. The molecule has 0 unspecified atom stereocenters. The van der Waals surface area contributed by atoms with Crippen LogP contribution in [0.25, 0.3) is 0 Å². The normalized spacial score (nSPS) is 32.5. The summed E-state index contributed by atoms with van der Waals surface area (Å²) in [6.45, 7) is 0. The Hall–Kier alpha value is -0.570. The Morgan fingerprint density at radius 3 is 2.70 bits per heavy atom. The third kappa shape index (κ3) is 1.70. The van der Waals surface area contributed by atoms with Crippen LogP contribution in [0.3, 0.4) is 0 Å². The Kier molecular flexibility index (Phi) is 2.27. The van der Waals surface area contributed by atoms with Gasteiger partial charge in [0.1, 0.15) is 0 Å². The van der Waals surface area contributed by atoms with Gasteiger partial charge in [0.25, 0.3) is 0 Å². The number of hydrogen-bond donors (Lipinski definition) is 2. The van der Waals surface area contributed by atoms with Crippen LogP contribution in [-0.4, -0.2) is 17.1 Å². The predicted molar refractivity (Wildman–Crippen MR) is 37.6 cm³/mol. The van der Waals surface area contributed by atoms with E-state index in [9.17, 15) is 4.79 Å². The van der Waals surface area contributed by atoms with Gasteiger partial charge in [-0.25, -0.2) is 0 Å². The highest BCUT2D eigenvalue weighted by Gasteiger charge is 2.25. The molecule has 0 saturated heterocycles. The van der Waals surface area contributed by atoms with E-state index in [-0.39, 0.29) is 18.4 Å². The Balaban J connectivity index is 2.33. The van der Waals surface area contributed by atoms with Crippen LogP contribution >= 0.6 is 0 Å². The first-order valence-electron chi connectivity index (χ1n) is 3.67. The predicted octanol–water partition coefficient (Wildman–Crippen LogP) is 0.588. The number of hydrogen-bond acceptors (Lipinski definition) is 2. The maximum atomic E-state index is 10.2. The van der Waals surface area contributed by atoms with Gasteiger partial charge < -0.3 is 10.8 Å². The summed E-state index contributed by atoms with van der Waals surface area (Å²) in [5.41, 5.74) is 5.66. The SMILES string of the molecule is N[C@@H]1CCC[C@@H]1CC(=O)O. The molecule has 0 spiro atoms. The van der Waals surface area contributed by atoms with Gasteiger partial charge in [-0.3, -0.25) is 4.79 Å². The summed E-state index contributed by atoms with van der Waals surface area (Å²) in [6.07, 6.45) is 3.34. The van der Waals surface area contributed by atoms with E-state index in [1.807, 2.05) is 0 Å². The molecule has 2 atom stereocenters. The van der Waals surface area contributed by atoms with Crippen LogP contribution < -0.4 is 5.73 Å². The van der Waals surface area contributed by atoms with Crippen molar-refractivity contribution in [3.63, 3.8) is 0 Å². The van der Waals surface area contributed by atoms with Crippen molar-refractivity contribution in [1.29, 1.82) is 0 Å². The lowest BCUT2D eigenvalue weighted by molar-refractivity contribution is -0.138. The van der Waals surface area contributed by atoms with Gasteiger partial charge in [-0.1, -0.05) is 6.42 Å². The standard InChI is InChI=1S/C7H13NO2/c8-6-3-1-2-5(6)4-7(9)10/h5-6H,1-4,8H2,(H,9,10)/t5-,6-/m1/s1. The van der Waals surface area contributed by atoms with Gasteiger partial charge in [-0.2, -0.15) is 0 Å².